The van der Waals surface area contributed by atoms with E-state index in [0.717, 1.165) is 48.8 Å². The highest BCUT2D eigenvalue weighted by atomic mass is 16.1. The topological polar surface area (TPSA) is 31.7 Å². The number of likely N-dealkylation sites (N-methyl/N-ethyl adjacent to an activating group) is 1. The molecule has 162 valence electrons. The molecule has 0 amide bonds. The van der Waals surface area contributed by atoms with Gasteiger partial charge in [-0.25, -0.2) is 0 Å². The van der Waals surface area contributed by atoms with Crippen molar-refractivity contribution in [3.05, 3.63) is 52.8 Å². The summed E-state index contributed by atoms with van der Waals surface area (Å²) in [5, 5.41) is 0. The predicted molar refractivity (Wildman–Crippen MR) is 123 cm³/mol. The van der Waals surface area contributed by atoms with Gasteiger partial charge in [-0.1, -0.05) is 17.7 Å². The highest BCUT2D eigenvalue weighted by Gasteiger charge is 2.28. The number of benzene rings is 1. The number of hydrogen-bond acceptors (Lipinski definition) is 4. The first-order valence-electron chi connectivity index (χ1n) is 11.4. The van der Waals surface area contributed by atoms with E-state index in [1.54, 1.807) is 0 Å². The molecule has 0 spiro atoms. The highest BCUT2D eigenvalue weighted by Crippen LogP contribution is 2.22. The van der Waals surface area contributed by atoms with Crippen molar-refractivity contribution >= 4 is 5.78 Å². The molecule has 2 fully saturated rings. The van der Waals surface area contributed by atoms with Crippen molar-refractivity contribution < 1.29 is 4.79 Å². The van der Waals surface area contributed by atoms with Crippen molar-refractivity contribution in [2.45, 2.75) is 39.7 Å². The van der Waals surface area contributed by atoms with Crippen LogP contribution in [0.25, 0.3) is 5.69 Å². The molecule has 3 heterocycles. The number of carbonyl (C=O) groups excluding carboxylic acids is 1. The summed E-state index contributed by atoms with van der Waals surface area (Å²) in [5.74, 6) is 0.243. The number of aryl methyl sites for hydroxylation is 2. The summed E-state index contributed by atoms with van der Waals surface area (Å²) in [7, 11) is 2.23. The van der Waals surface area contributed by atoms with Gasteiger partial charge in [0.2, 0.25) is 0 Å². The van der Waals surface area contributed by atoms with Crippen LogP contribution in [0.5, 0.6) is 0 Å². The van der Waals surface area contributed by atoms with Crippen LogP contribution in [0.1, 0.15) is 40.2 Å². The lowest BCUT2D eigenvalue weighted by molar-refractivity contribution is 0.0561. The van der Waals surface area contributed by atoms with Crippen molar-refractivity contribution in [2.75, 3.05) is 52.9 Å². The van der Waals surface area contributed by atoms with Gasteiger partial charge in [0.1, 0.15) is 0 Å². The molecule has 4 rings (SSSR count). The molecule has 1 atom stereocenters. The molecule has 0 radical (unpaired) electrons. The van der Waals surface area contributed by atoms with E-state index in [1.807, 2.05) is 0 Å². The van der Waals surface area contributed by atoms with Gasteiger partial charge in [-0.2, -0.15) is 0 Å². The first-order valence-corrected chi connectivity index (χ1v) is 11.4. The van der Waals surface area contributed by atoms with Gasteiger partial charge < -0.3 is 9.47 Å². The van der Waals surface area contributed by atoms with Gasteiger partial charge in [-0.3, -0.25) is 14.6 Å². The number of aromatic nitrogens is 1. The zero-order valence-corrected chi connectivity index (χ0v) is 19.0. The molecule has 2 aromatic rings. The third-order valence-electron chi connectivity index (χ3n) is 6.91. The van der Waals surface area contributed by atoms with E-state index in [4.69, 9.17) is 0 Å². The standard InChI is InChI=1S/C25H36N4O/c1-19-7-9-22(10-8-19)29-20(2)16-24(21(29)3)25(30)18-27-12-14-28(15-13-27)23-6-5-11-26(4)17-23/h7-10,16,23H,5-6,11-15,17-18H2,1-4H3. The second-order valence-electron chi connectivity index (χ2n) is 9.25. The molecule has 1 unspecified atom stereocenters. The van der Waals surface area contributed by atoms with E-state index in [-0.39, 0.29) is 5.78 Å². The molecule has 0 bridgehead atoms. The first kappa shape index (κ1) is 21.3. The Morgan fingerprint density at radius 1 is 1.00 bits per heavy atom. The summed E-state index contributed by atoms with van der Waals surface area (Å²) < 4.78 is 2.20. The van der Waals surface area contributed by atoms with Gasteiger partial charge in [0.15, 0.2) is 5.78 Å². The maximum atomic E-state index is 13.1. The van der Waals surface area contributed by atoms with Gasteiger partial charge >= 0.3 is 0 Å². The second kappa shape index (κ2) is 9.04. The molecule has 0 N–H and O–H groups in total. The third kappa shape index (κ3) is 4.53. The molecule has 5 heteroatoms. The molecule has 1 aromatic carbocycles. The SMILES string of the molecule is Cc1ccc(-n2c(C)cc(C(=O)CN3CCN(C4CCCN(C)C4)CC3)c2C)cc1. The molecule has 2 saturated heterocycles. The monoisotopic (exact) mass is 408 g/mol. The van der Waals surface area contributed by atoms with Crippen LogP contribution in [-0.2, 0) is 0 Å². The number of piperazine rings is 1. The smallest absolute Gasteiger partial charge is 0.178 e. The Morgan fingerprint density at radius 2 is 1.70 bits per heavy atom. The Morgan fingerprint density at radius 3 is 2.37 bits per heavy atom. The summed E-state index contributed by atoms with van der Waals surface area (Å²) >= 11 is 0. The summed E-state index contributed by atoms with van der Waals surface area (Å²) in [6.45, 7) is 13.3. The average molecular weight is 409 g/mol. The zero-order chi connectivity index (χ0) is 21.3. The Kier molecular flexibility index (Phi) is 6.42. The zero-order valence-electron chi connectivity index (χ0n) is 19.0. The van der Waals surface area contributed by atoms with E-state index < -0.39 is 0 Å². The number of Topliss-reactive ketones (excluding diaryl/α,β-unsaturated/α-hetero) is 1. The molecule has 0 saturated carbocycles. The third-order valence-corrected chi connectivity index (χ3v) is 6.91. The summed E-state index contributed by atoms with van der Waals surface area (Å²) in [6, 6.07) is 11.3. The average Bonchev–Trinajstić information content (AvgIpc) is 3.03. The fraction of sp³-hybridized carbons (Fsp3) is 0.560. The van der Waals surface area contributed by atoms with E-state index in [1.165, 1.54) is 31.5 Å². The fourth-order valence-corrected chi connectivity index (χ4v) is 5.15. The molecule has 5 nitrogen and oxygen atoms in total. The number of carbonyl (C=O) groups is 1. The lowest BCUT2D eigenvalue weighted by Crippen LogP contribution is -2.55. The minimum absolute atomic E-state index is 0.243. The van der Waals surface area contributed by atoms with Crippen LogP contribution in [-0.4, -0.2) is 84.0 Å². The van der Waals surface area contributed by atoms with Crippen LogP contribution in [0.2, 0.25) is 0 Å². The van der Waals surface area contributed by atoms with Gasteiger partial charge in [-0.15, -0.1) is 0 Å². The van der Waals surface area contributed by atoms with Gasteiger partial charge in [0.05, 0.1) is 6.54 Å². The number of nitrogens with zero attached hydrogens (tertiary/aromatic N) is 4. The fourth-order valence-electron chi connectivity index (χ4n) is 5.15. The number of piperidine rings is 1. The molecule has 2 aliphatic heterocycles. The Hall–Kier alpha value is -1.95. The molecule has 1 aromatic heterocycles. The summed E-state index contributed by atoms with van der Waals surface area (Å²) in [6.07, 6.45) is 2.62. The minimum atomic E-state index is 0.243. The van der Waals surface area contributed by atoms with Crippen molar-refractivity contribution in [3.63, 3.8) is 0 Å². The normalized spacial score (nSPS) is 21.8. The highest BCUT2D eigenvalue weighted by molar-refractivity contribution is 5.99. The molecule has 0 aliphatic carbocycles. The van der Waals surface area contributed by atoms with Crippen LogP contribution in [0, 0.1) is 20.8 Å². The number of hydrogen-bond donors (Lipinski definition) is 0. The van der Waals surface area contributed by atoms with E-state index in [2.05, 4.69) is 77.4 Å². The van der Waals surface area contributed by atoms with Crippen molar-refractivity contribution in [3.8, 4) is 5.69 Å². The van der Waals surface area contributed by atoms with Crippen molar-refractivity contribution in [1.82, 2.24) is 19.3 Å². The van der Waals surface area contributed by atoms with E-state index in [9.17, 15) is 4.79 Å². The van der Waals surface area contributed by atoms with Crippen LogP contribution in [0.15, 0.2) is 30.3 Å². The number of likely N-dealkylation sites (tertiary alicyclic amines) is 1. The van der Waals surface area contributed by atoms with E-state index in [0.29, 0.717) is 12.6 Å². The van der Waals surface area contributed by atoms with Crippen LogP contribution >= 0.6 is 0 Å². The second-order valence-corrected chi connectivity index (χ2v) is 9.25. The lowest BCUT2D eigenvalue weighted by Gasteiger charge is -2.42. The Balaban J connectivity index is 1.38. The van der Waals surface area contributed by atoms with Gasteiger partial charge in [0, 0.05) is 61.4 Å². The maximum absolute atomic E-state index is 13.1. The molecule has 2 aliphatic rings. The first-order chi connectivity index (χ1) is 14.4. The Bertz CT molecular complexity index is 877. The summed E-state index contributed by atoms with van der Waals surface area (Å²) in [5.41, 5.74) is 5.40. The van der Waals surface area contributed by atoms with Gasteiger partial charge in [-0.05, 0) is 65.4 Å². The van der Waals surface area contributed by atoms with Crippen molar-refractivity contribution in [1.29, 1.82) is 0 Å². The molecular weight excluding hydrogens is 372 g/mol. The van der Waals surface area contributed by atoms with Crippen molar-refractivity contribution in [2.24, 2.45) is 0 Å². The predicted octanol–water partition coefficient (Wildman–Crippen LogP) is 3.30. The number of rotatable bonds is 5. The minimum Gasteiger partial charge on any atom is -0.318 e. The summed E-state index contributed by atoms with van der Waals surface area (Å²) in [4.78, 5) is 20.6. The Labute approximate surface area is 181 Å². The molecule has 30 heavy (non-hydrogen) atoms. The quantitative estimate of drug-likeness (QED) is 0.711. The van der Waals surface area contributed by atoms with Crippen LogP contribution in [0.4, 0.5) is 0 Å². The largest absolute Gasteiger partial charge is 0.318 e. The maximum Gasteiger partial charge on any atom is 0.178 e. The molecular formula is C25H36N4O. The van der Waals surface area contributed by atoms with Crippen LogP contribution in [0.3, 0.4) is 0 Å². The number of ketones is 1. The van der Waals surface area contributed by atoms with Crippen LogP contribution < -0.4 is 0 Å². The van der Waals surface area contributed by atoms with E-state index >= 15 is 0 Å². The van der Waals surface area contributed by atoms with Gasteiger partial charge in [0.25, 0.3) is 0 Å². The lowest BCUT2D eigenvalue weighted by atomic mass is 10.0.